The lowest BCUT2D eigenvalue weighted by Gasteiger charge is -2.15. The highest BCUT2D eigenvalue weighted by molar-refractivity contribution is 5.90. The average molecular weight is 342 g/mol. The van der Waals surface area contributed by atoms with Crippen LogP contribution in [0.1, 0.15) is 21.6 Å². The number of fused-ring (bicyclic) bond motifs is 1. The normalized spacial score (nSPS) is 11.0. The molecule has 4 rings (SSSR count). The van der Waals surface area contributed by atoms with Crippen molar-refractivity contribution in [2.45, 2.75) is 13.5 Å². The molecule has 0 amide bonds. The van der Waals surface area contributed by atoms with E-state index in [1.165, 1.54) is 10.9 Å². The van der Waals surface area contributed by atoms with Gasteiger partial charge in [0.2, 0.25) is 0 Å². The largest absolute Gasteiger partial charge is 0.477 e. The predicted octanol–water partition coefficient (Wildman–Crippen LogP) is 4.76. The first-order chi connectivity index (χ1) is 12.6. The molecule has 2 aromatic heterocycles. The van der Waals surface area contributed by atoms with E-state index in [1.807, 2.05) is 34.9 Å². The Morgan fingerprint density at radius 1 is 1.00 bits per heavy atom. The molecule has 26 heavy (non-hydrogen) atoms. The van der Waals surface area contributed by atoms with Crippen molar-refractivity contribution >= 4 is 16.7 Å². The van der Waals surface area contributed by atoms with E-state index in [-0.39, 0.29) is 5.69 Å². The molecule has 0 bridgehead atoms. The third-order valence-corrected chi connectivity index (χ3v) is 4.72. The van der Waals surface area contributed by atoms with Crippen molar-refractivity contribution in [1.82, 2.24) is 9.55 Å². The van der Waals surface area contributed by atoms with Crippen LogP contribution in [0.4, 0.5) is 0 Å². The van der Waals surface area contributed by atoms with Gasteiger partial charge in [0, 0.05) is 24.5 Å². The summed E-state index contributed by atoms with van der Waals surface area (Å²) in [6.45, 7) is 2.57. The highest BCUT2D eigenvalue weighted by Gasteiger charge is 2.16. The highest BCUT2D eigenvalue weighted by Crippen LogP contribution is 2.27. The van der Waals surface area contributed by atoms with Gasteiger partial charge in [-0.25, -0.2) is 4.79 Å². The van der Waals surface area contributed by atoms with E-state index in [4.69, 9.17) is 0 Å². The molecule has 0 fully saturated rings. The second kappa shape index (κ2) is 6.48. The summed E-state index contributed by atoms with van der Waals surface area (Å²) >= 11 is 0. The maximum Gasteiger partial charge on any atom is 0.352 e. The van der Waals surface area contributed by atoms with Crippen molar-refractivity contribution in [3.63, 3.8) is 0 Å². The van der Waals surface area contributed by atoms with E-state index < -0.39 is 5.97 Å². The molecule has 2 heterocycles. The van der Waals surface area contributed by atoms with Gasteiger partial charge in [0.05, 0.1) is 5.69 Å². The fourth-order valence-electron chi connectivity index (χ4n) is 3.41. The Kier molecular flexibility index (Phi) is 4.01. The maximum absolute atomic E-state index is 11.7. The SMILES string of the molecule is Cc1ccc(Cn2c(C(=O)O)ccc2-c2cccnc2)c2ccccc12. The summed E-state index contributed by atoms with van der Waals surface area (Å²) in [7, 11) is 0. The summed E-state index contributed by atoms with van der Waals surface area (Å²) in [5.74, 6) is -0.934. The Morgan fingerprint density at radius 2 is 1.81 bits per heavy atom. The molecular formula is C22H18N2O2. The molecule has 0 saturated carbocycles. The van der Waals surface area contributed by atoms with Crippen LogP contribution in [0.2, 0.25) is 0 Å². The molecular weight excluding hydrogens is 324 g/mol. The Balaban J connectivity index is 1.88. The van der Waals surface area contributed by atoms with Crippen LogP contribution in [0, 0.1) is 6.92 Å². The molecule has 0 atom stereocenters. The number of hydrogen-bond acceptors (Lipinski definition) is 2. The fourth-order valence-corrected chi connectivity index (χ4v) is 3.41. The van der Waals surface area contributed by atoms with Gasteiger partial charge < -0.3 is 9.67 Å². The van der Waals surface area contributed by atoms with E-state index in [1.54, 1.807) is 18.5 Å². The number of carboxylic acid groups (broad SMARTS) is 1. The van der Waals surface area contributed by atoms with Crippen molar-refractivity contribution in [2.75, 3.05) is 0 Å². The van der Waals surface area contributed by atoms with Gasteiger partial charge in [0.1, 0.15) is 5.69 Å². The van der Waals surface area contributed by atoms with Gasteiger partial charge in [-0.15, -0.1) is 0 Å². The molecule has 0 spiro atoms. The fraction of sp³-hybridized carbons (Fsp3) is 0.0909. The number of carbonyl (C=O) groups is 1. The van der Waals surface area contributed by atoms with Crippen LogP contribution in [0.15, 0.2) is 73.1 Å². The molecule has 0 aliphatic carbocycles. The zero-order chi connectivity index (χ0) is 18.1. The number of aromatic nitrogens is 2. The van der Waals surface area contributed by atoms with Gasteiger partial charge in [-0.1, -0.05) is 36.4 Å². The average Bonchev–Trinajstić information content (AvgIpc) is 3.09. The summed E-state index contributed by atoms with van der Waals surface area (Å²) in [5, 5.41) is 12.0. The van der Waals surface area contributed by atoms with Crippen LogP contribution < -0.4 is 0 Å². The first-order valence-corrected chi connectivity index (χ1v) is 8.45. The number of nitrogens with zero attached hydrogens (tertiary/aromatic N) is 2. The number of aryl methyl sites for hydroxylation is 1. The molecule has 1 N–H and O–H groups in total. The number of benzene rings is 2. The molecule has 2 aromatic carbocycles. The number of pyridine rings is 1. The van der Waals surface area contributed by atoms with Gasteiger partial charge in [-0.3, -0.25) is 4.98 Å². The van der Waals surface area contributed by atoms with Crippen molar-refractivity contribution < 1.29 is 9.90 Å². The lowest BCUT2D eigenvalue weighted by atomic mass is 10.00. The Bertz CT molecular complexity index is 1100. The molecule has 4 heteroatoms. The Labute approximate surface area is 151 Å². The van der Waals surface area contributed by atoms with Crippen LogP contribution in [-0.4, -0.2) is 20.6 Å². The Hall–Kier alpha value is -3.40. The van der Waals surface area contributed by atoms with Crippen molar-refractivity contribution in [2.24, 2.45) is 0 Å². The maximum atomic E-state index is 11.7. The van der Waals surface area contributed by atoms with Crippen LogP contribution in [0.25, 0.3) is 22.0 Å². The standard InChI is InChI=1S/C22H18N2O2/c1-15-8-9-17(19-7-3-2-6-18(15)19)14-24-20(10-11-21(24)22(25)26)16-5-4-12-23-13-16/h2-13H,14H2,1H3,(H,25,26). The van der Waals surface area contributed by atoms with E-state index in [0.29, 0.717) is 6.54 Å². The van der Waals surface area contributed by atoms with Crippen molar-refractivity contribution in [3.05, 3.63) is 89.9 Å². The molecule has 0 saturated heterocycles. The van der Waals surface area contributed by atoms with E-state index >= 15 is 0 Å². The monoisotopic (exact) mass is 342 g/mol. The highest BCUT2D eigenvalue weighted by atomic mass is 16.4. The van der Waals surface area contributed by atoms with Crippen LogP contribution >= 0.6 is 0 Å². The molecule has 4 aromatic rings. The number of rotatable bonds is 4. The topological polar surface area (TPSA) is 55.1 Å². The molecule has 128 valence electrons. The molecule has 0 unspecified atom stereocenters. The number of aromatic carboxylic acids is 1. The van der Waals surface area contributed by atoms with E-state index in [0.717, 1.165) is 22.2 Å². The summed E-state index contributed by atoms with van der Waals surface area (Å²) < 4.78 is 1.84. The second-order valence-corrected chi connectivity index (χ2v) is 6.32. The first-order valence-electron chi connectivity index (χ1n) is 8.45. The minimum absolute atomic E-state index is 0.272. The molecule has 0 aliphatic rings. The van der Waals surface area contributed by atoms with Crippen LogP contribution in [0.3, 0.4) is 0 Å². The third kappa shape index (κ3) is 2.75. The van der Waals surface area contributed by atoms with Crippen LogP contribution in [-0.2, 0) is 6.54 Å². The van der Waals surface area contributed by atoms with Gasteiger partial charge in [0.15, 0.2) is 0 Å². The quantitative estimate of drug-likeness (QED) is 0.582. The van der Waals surface area contributed by atoms with Crippen molar-refractivity contribution in [1.29, 1.82) is 0 Å². The summed E-state index contributed by atoms with van der Waals surface area (Å²) in [5.41, 5.74) is 4.32. The molecule has 4 nitrogen and oxygen atoms in total. The zero-order valence-corrected chi connectivity index (χ0v) is 14.4. The van der Waals surface area contributed by atoms with Gasteiger partial charge in [-0.05, 0) is 53.1 Å². The number of carboxylic acids is 1. The molecule has 0 aliphatic heterocycles. The molecule has 0 radical (unpaired) electrons. The predicted molar refractivity (Wildman–Crippen MR) is 102 cm³/mol. The summed E-state index contributed by atoms with van der Waals surface area (Å²) in [6, 6.07) is 19.7. The van der Waals surface area contributed by atoms with Gasteiger partial charge >= 0.3 is 5.97 Å². The third-order valence-electron chi connectivity index (χ3n) is 4.72. The zero-order valence-electron chi connectivity index (χ0n) is 14.4. The second-order valence-electron chi connectivity index (χ2n) is 6.32. The minimum atomic E-state index is -0.934. The minimum Gasteiger partial charge on any atom is -0.477 e. The smallest absolute Gasteiger partial charge is 0.352 e. The van der Waals surface area contributed by atoms with E-state index in [9.17, 15) is 9.90 Å². The van der Waals surface area contributed by atoms with Crippen molar-refractivity contribution in [3.8, 4) is 11.3 Å². The lowest BCUT2D eigenvalue weighted by molar-refractivity contribution is 0.0686. The summed E-state index contributed by atoms with van der Waals surface area (Å²) in [6.07, 6.45) is 3.47. The van der Waals surface area contributed by atoms with Crippen LogP contribution in [0.5, 0.6) is 0 Å². The Morgan fingerprint density at radius 3 is 2.54 bits per heavy atom. The van der Waals surface area contributed by atoms with Gasteiger partial charge in [0.25, 0.3) is 0 Å². The summed E-state index contributed by atoms with van der Waals surface area (Å²) in [4.78, 5) is 15.9. The lowest BCUT2D eigenvalue weighted by Crippen LogP contribution is -2.11. The van der Waals surface area contributed by atoms with Gasteiger partial charge in [-0.2, -0.15) is 0 Å². The number of hydrogen-bond donors (Lipinski definition) is 1. The first kappa shape index (κ1) is 16.1. The van der Waals surface area contributed by atoms with E-state index in [2.05, 4.69) is 36.2 Å².